The fourth-order valence-electron chi connectivity index (χ4n) is 2.82. The van der Waals surface area contributed by atoms with E-state index in [0.29, 0.717) is 19.1 Å². The molecule has 1 saturated carbocycles. The van der Waals surface area contributed by atoms with E-state index in [1.54, 1.807) is 7.11 Å². The number of rotatable bonds is 5. The predicted octanol–water partition coefficient (Wildman–Crippen LogP) is 1.24. The Labute approximate surface area is 124 Å². The molecule has 1 aromatic rings. The predicted molar refractivity (Wildman–Crippen MR) is 78.9 cm³/mol. The van der Waals surface area contributed by atoms with Crippen LogP contribution in [0.1, 0.15) is 24.4 Å². The summed E-state index contributed by atoms with van der Waals surface area (Å²) >= 11 is 0. The van der Waals surface area contributed by atoms with E-state index in [2.05, 4.69) is 5.32 Å². The summed E-state index contributed by atoms with van der Waals surface area (Å²) in [5.74, 6) is 1.13. The summed E-state index contributed by atoms with van der Waals surface area (Å²) in [5, 5.41) is 3.17. The molecule has 3 N–H and O–H groups in total. The van der Waals surface area contributed by atoms with Gasteiger partial charge in [-0.3, -0.25) is 4.79 Å². The summed E-state index contributed by atoms with van der Waals surface area (Å²) in [7, 11) is 1.65. The van der Waals surface area contributed by atoms with E-state index in [4.69, 9.17) is 15.2 Å². The minimum atomic E-state index is -0.232. The quantitative estimate of drug-likeness (QED) is 0.855. The SMILES string of the molecule is COc1ccc(C(NC(=O)C2COCC2N)C2CC2)cc1. The maximum Gasteiger partial charge on any atom is 0.227 e. The van der Waals surface area contributed by atoms with Crippen molar-refractivity contribution in [2.24, 2.45) is 17.6 Å². The third kappa shape index (κ3) is 3.19. The molecule has 1 saturated heterocycles. The van der Waals surface area contributed by atoms with Crippen LogP contribution >= 0.6 is 0 Å². The van der Waals surface area contributed by atoms with Crippen LogP contribution in [0.25, 0.3) is 0 Å². The molecule has 1 amide bonds. The normalized spacial score (nSPS) is 26.4. The number of nitrogens with one attached hydrogen (secondary N) is 1. The molecule has 0 aromatic heterocycles. The van der Waals surface area contributed by atoms with Gasteiger partial charge in [-0.1, -0.05) is 12.1 Å². The molecule has 0 bridgehead atoms. The van der Waals surface area contributed by atoms with Crippen LogP contribution in [0.5, 0.6) is 5.75 Å². The fourth-order valence-corrected chi connectivity index (χ4v) is 2.82. The van der Waals surface area contributed by atoms with Crippen LogP contribution < -0.4 is 15.8 Å². The van der Waals surface area contributed by atoms with E-state index in [1.807, 2.05) is 24.3 Å². The van der Waals surface area contributed by atoms with Gasteiger partial charge in [0.05, 0.1) is 32.3 Å². The summed E-state index contributed by atoms with van der Waals surface area (Å²) in [5.41, 5.74) is 7.05. The monoisotopic (exact) mass is 290 g/mol. The number of methoxy groups -OCH3 is 1. The Bertz CT molecular complexity index is 499. The third-order valence-electron chi connectivity index (χ3n) is 4.33. The van der Waals surface area contributed by atoms with Gasteiger partial charge in [0.2, 0.25) is 5.91 Å². The highest BCUT2D eigenvalue weighted by atomic mass is 16.5. The largest absolute Gasteiger partial charge is 0.497 e. The molecule has 1 aliphatic heterocycles. The number of hydrogen-bond donors (Lipinski definition) is 2. The van der Waals surface area contributed by atoms with Crippen LogP contribution in [0.2, 0.25) is 0 Å². The van der Waals surface area contributed by atoms with Gasteiger partial charge in [0.15, 0.2) is 0 Å². The first-order chi connectivity index (χ1) is 10.2. The number of carbonyl (C=O) groups excluding carboxylic acids is 1. The average Bonchev–Trinajstić information content (AvgIpc) is 3.26. The Balaban J connectivity index is 1.70. The average molecular weight is 290 g/mol. The fraction of sp³-hybridized carbons (Fsp3) is 0.562. The topological polar surface area (TPSA) is 73.6 Å². The molecule has 3 rings (SSSR count). The number of amides is 1. The Morgan fingerprint density at radius 1 is 1.33 bits per heavy atom. The minimum Gasteiger partial charge on any atom is -0.497 e. The second-order valence-corrected chi connectivity index (χ2v) is 5.90. The molecule has 3 atom stereocenters. The Kier molecular flexibility index (Phi) is 4.12. The summed E-state index contributed by atoms with van der Waals surface area (Å²) < 4.78 is 10.5. The molecule has 0 spiro atoms. The zero-order chi connectivity index (χ0) is 14.8. The van der Waals surface area contributed by atoms with Crippen molar-refractivity contribution in [3.8, 4) is 5.75 Å². The van der Waals surface area contributed by atoms with E-state index >= 15 is 0 Å². The molecule has 2 aliphatic rings. The molecular weight excluding hydrogens is 268 g/mol. The first kappa shape index (κ1) is 14.4. The molecule has 1 aromatic carbocycles. The number of ether oxygens (including phenoxy) is 2. The molecule has 3 unspecified atom stereocenters. The molecule has 1 heterocycles. The molecule has 0 radical (unpaired) electrons. The van der Waals surface area contributed by atoms with Crippen molar-refractivity contribution in [2.75, 3.05) is 20.3 Å². The second-order valence-electron chi connectivity index (χ2n) is 5.90. The van der Waals surface area contributed by atoms with E-state index in [-0.39, 0.29) is 23.9 Å². The Morgan fingerprint density at radius 2 is 2.05 bits per heavy atom. The van der Waals surface area contributed by atoms with Gasteiger partial charge in [0.1, 0.15) is 5.75 Å². The highest BCUT2D eigenvalue weighted by Gasteiger charge is 2.37. The number of benzene rings is 1. The van der Waals surface area contributed by atoms with Crippen LogP contribution in [-0.2, 0) is 9.53 Å². The number of hydrogen-bond acceptors (Lipinski definition) is 4. The van der Waals surface area contributed by atoms with Crippen molar-refractivity contribution < 1.29 is 14.3 Å². The van der Waals surface area contributed by atoms with Gasteiger partial charge < -0.3 is 20.5 Å². The van der Waals surface area contributed by atoms with Crippen LogP contribution in [0.15, 0.2) is 24.3 Å². The highest BCUT2D eigenvalue weighted by molar-refractivity contribution is 5.80. The van der Waals surface area contributed by atoms with Gasteiger partial charge in [0.25, 0.3) is 0 Å². The van der Waals surface area contributed by atoms with Crippen LogP contribution in [0.4, 0.5) is 0 Å². The first-order valence-electron chi connectivity index (χ1n) is 7.46. The number of nitrogens with two attached hydrogens (primary N) is 1. The zero-order valence-corrected chi connectivity index (χ0v) is 12.2. The highest BCUT2D eigenvalue weighted by Crippen LogP contribution is 2.41. The molecule has 5 heteroatoms. The van der Waals surface area contributed by atoms with Crippen molar-refractivity contribution in [1.82, 2.24) is 5.32 Å². The molecule has 21 heavy (non-hydrogen) atoms. The van der Waals surface area contributed by atoms with Gasteiger partial charge >= 0.3 is 0 Å². The van der Waals surface area contributed by atoms with Crippen molar-refractivity contribution in [1.29, 1.82) is 0 Å². The van der Waals surface area contributed by atoms with Gasteiger partial charge in [0, 0.05) is 6.04 Å². The van der Waals surface area contributed by atoms with Crippen molar-refractivity contribution in [3.05, 3.63) is 29.8 Å². The molecular formula is C16H22N2O3. The lowest BCUT2D eigenvalue weighted by Gasteiger charge is -2.22. The summed E-state index contributed by atoms with van der Waals surface area (Å²) in [4.78, 5) is 12.4. The van der Waals surface area contributed by atoms with Crippen molar-refractivity contribution in [2.45, 2.75) is 24.9 Å². The van der Waals surface area contributed by atoms with Gasteiger partial charge in [-0.2, -0.15) is 0 Å². The van der Waals surface area contributed by atoms with Crippen LogP contribution in [0, 0.1) is 11.8 Å². The second kappa shape index (κ2) is 6.03. The van der Waals surface area contributed by atoms with Gasteiger partial charge in [-0.15, -0.1) is 0 Å². The lowest BCUT2D eigenvalue weighted by atomic mass is 9.99. The maximum absolute atomic E-state index is 12.4. The zero-order valence-electron chi connectivity index (χ0n) is 12.2. The molecule has 114 valence electrons. The Hall–Kier alpha value is -1.59. The van der Waals surface area contributed by atoms with Crippen LogP contribution in [-0.4, -0.2) is 32.3 Å². The van der Waals surface area contributed by atoms with Gasteiger partial charge in [-0.25, -0.2) is 0 Å². The van der Waals surface area contributed by atoms with E-state index < -0.39 is 0 Å². The summed E-state index contributed by atoms with van der Waals surface area (Å²) in [6, 6.07) is 7.78. The molecule has 1 aliphatic carbocycles. The van der Waals surface area contributed by atoms with E-state index in [0.717, 1.165) is 24.2 Å². The lowest BCUT2D eigenvalue weighted by Crippen LogP contribution is -2.42. The van der Waals surface area contributed by atoms with Crippen LogP contribution in [0.3, 0.4) is 0 Å². The Morgan fingerprint density at radius 3 is 2.57 bits per heavy atom. The van der Waals surface area contributed by atoms with Crippen molar-refractivity contribution in [3.63, 3.8) is 0 Å². The number of carbonyl (C=O) groups is 1. The molecule has 5 nitrogen and oxygen atoms in total. The van der Waals surface area contributed by atoms with Crippen molar-refractivity contribution >= 4 is 5.91 Å². The third-order valence-corrected chi connectivity index (χ3v) is 4.33. The summed E-state index contributed by atoms with van der Waals surface area (Å²) in [6.07, 6.45) is 2.31. The smallest absolute Gasteiger partial charge is 0.227 e. The van der Waals surface area contributed by atoms with E-state index in [9.17, 15) is 4.79 Å². The lowest BCUT2D eigenvalue weighted by molar-refractivity contribution is -0.126. The maximum atomic E-state index is 12.4. The van der Waals surface area contributed by atoms with E-state index in [1.165, 1.54) is 0 Å². The molecule has 2 fully saturated rings. The van der Waals surface area contributed by atoms with Gasteiger partial charge in [-0.05, 0) is 36.5 Å². The standard InChI is InChI=1S/C16H22N2O3/c1-20-12-6-4-11(5-7-12)15(10-2-3-10)18-16(19)13-8-21-9-14(13)17/h4-7,10,13-15H,2-3,8-9,17H2,1H3,(H,18,19). The summed E-state index contributed by atoms with van der Waals surface area (Å²) in [6.45, 7) is 0.891. The minimum absolute atomic E-state index is 0.00715. The first-order valence-corrected chi connectivity index (χ1v) is 7.46.